The van der Waals surface area contributed by atoms with Crippen molar-refractivity contribution >= 4 is 23.5 Å². The van der Waals surface area contributed by atoms with Gasteiger partial charge in [-0.3, -0.25) is 9.59 Å². The molecule has 0 spiro atoms. The number of hydrogen-bond donors (Lipinski definition) is 1. The molecule has 0 unspecified atom stereocenters. The molecule has 0 fully saturated rings. The second kappa shape index (κ2) is 10.5. The van der Waals surface area contributed by atoms with Crippen molar-refractivity contribution < 1.29 is 19.1 Å². The van der Waals surface area contributed by atoms with E-state index in [0.29, 0.717) is 24.4 Å². The molecule has 0 radical (unpaired) electrons. The van der Waals surface area contributed by atoms with Gasteiger partial charge in [0.25, 0.3) is 0 Å². The Balaban J connectivity index is 1.86. The van der Waals surface area contributed by atoms with Crippen LogP contribution < -0.4 is 5.32 Å². The number of amides is 2. The van der Waals surface area contributed by atoms with Gasteiger partial charge in [-0.2, -0.15) is 0 Å². The zero-order valence-electron chi connectivity index (χ0n) is 16.1. The fourth-order valence-electron chi connectivity index (χ4n) is 3.04. The molecular weight excluding hydrogens is 344 g/mol. The molecule has 6 heteroatoms. The van der Waals surface area contributed by atoms with Gasteiger partial charge < -0.3 is 15.0 Å². The van der Waals surface area contributed by atoms with Gasteiger partial charge in [-0.25, -0.2) is 4.79 Å². The molecule has 6 nitrogen and oxygen atoms in total. The highest BCUT2D eigenvalue weighted by atomic mass is 16.5. The lowest BCUT2D eigenvalue weighted by molar-refractivity contribution is -0.132. The van der Waals surface area contributed by atoms with E-state index in [2.05, 4.69) is 11.4 Å². The molecular formula is C21H28N2O4. The molecule has 0 aromatic heterocycles. The molecule has 1 aliphatic carbocycles. The third-order valence-corrected chi connectivity index (χ3v) is 4.55. The summed E-state index contributed by atoms with van der Waals surface area (Å²) in [6, 6.07) is 6.50. The first kappa shape index (κ1) is 20.7. The number of benzene rings is 1. The van der Waals surface area contributed by atoms with Crippen molar-refractivity contribution in [2.45, 2.75) is 46.0 Å². The van der Waals surface area contributed by atoms with Crippen LogP contribution in [0.4, 0.5) is 5.69 Å². The first-order valence-electron chi connectivity index (χ1n) is 9.50. The van der Waals surface area contributed by atoms with Crippen molar-refractivity contribution in [1.82, 2.24) is 4.90 Å². The Kier molecular flexibility index (Phi) is 8.04. The van der Waals surface area contributed by atoms with E-state index in [1.54, 1.807) is 36.1 Å². The van der Waals surface area contributed by atoms with Gasteiger partial charge in [0, 0.05) is 19.2 Å². The smallest absolute Gasteiger partial charge is 0.338 e. The zero-order chi connectivity index (χ0) is 19.6. The number of esters is 1. The number of ether oxygens (including phenoxy) is 1. The van der Waals surface area contributed by atoms with Gasteiger partial charge >= 0.3 is 5.97 Å². The van der Waals surface area contributed by atoms with Crippen molar-refractivity contribution in [2.75, 3.05) is 25.0 Å². The lowest BCUT2D eigenvalue weighted by atomic mass is 9.97. The van der Waals surface area contributed by atoms with E-state index >= 15 is 0 Å². The Hall–Kier alpha value is -2.63. The first-order valence-corrected chi connectivity index (χ1v) is 9.50. The summed E-state index contributed by atoms with van der Waals surface area (Å²) in [5, 5.41) is 2.76. The number of nitrogens with one attached hydrogen (secondary N) is 1. The van der Waals surface area contributed by atoms with Crippen LogP contribution in [-0.2, 0) is 14.3 Å². The van der Waals surface area contributed by atoms with E-state index in [-0.39, 0.29) is 18.4 Å². The van der Waals surface area contributed by atoms with Crippen LogP contribution >= 0.6 is 0 Å². The summed E-state index contributed by atoms with van der Waals surface area (Å²) in [5.74, 6) is -0.763. The van der Waals surface area contributed by atoms with Gasteiger partial charge in [0.1, 0.15) is 0 Å². The normalized spacial score (nSPS) is 13.5. The van der Waals surface area contributed by atoms with Crippen LogP contribution in [0.5, 0.6) is 0 Å². The van der Waals surface area contributed by atoms with Gasteiger partial charge in [-0.05, 0) is 63.3 Å². The van der Waals surface area contributed by atoms with E-state index in [9.17, 15) is 14.4 Å². The van der Waals surface area contributed by atoms with Crippen molar-refractivity contribution in [3.05, 3.63) is 41.5 Å². The fourth-order valence-corrected chi connectivity index (χ4v) is 3.04. The van der Waals surface area contributed by atoms with Gasteiger partial charge in [0.2, 0.25) is 11.8 Å². The number of rotatable bonds is 8. The summed E-state index contributed by atoms with van der Waals surface area (Å²) in [5.41, 5.74) is 2.38. The van der Waals surface area contributed by atoms with Crippen LogP contribution in [0, 0.1) is 0 Å². The third kappa shape index (κ3) is 6.89. The Morgan fingerprint density at radius 1 is 1.15 bits per heavy atom. The minimum absolute atomic E-state index is 0.0161. The van der Waals surface area contributed by atoms with Crippen molar-refractivity contribution in [3.8, 4) is 0 Å². The molecule has 1 N–H and O–H groups in total. The number of carbonyl (C=O) groups excluding carboxylic acids is 3. The molecule has 0 saturated carbocycles. The molecule has 0 aliphatic heterocycles. The summed E-state index contributed by atoms with van der Waals surface area (Å²) in [7, 11) is 0. The van der Waals surface area contributed by atoms with E-state index < -0.39 is 5.97 Å². The van der Waals surface area contributed by atoms with Crippen LogP contribution in [0.3, 0.4) is 0 Å². The average molecular weight is 372 g/mol. The molecule has 27 heavy (non-hydrogen) atoms. The number of allylic oxidation sites excluding steroid dienone is 1. The number of hydrogen-bond acceptors (Lipinski definition) is 4. The first-order chi connectivity index (χ1) is 13.0. The topological polar surface area (TPSA) is 75.7 Å². The van der Waals surface area contributed by atoms with Crippen LogP contribution in [0.25, 0.3) is 0 Å². The fraction of sp³-hybridized carbons (Fsp3) is 0.476. The highest BCUT2D eigenvalue weighted by Crippen LogP contribution is 2.20. The maximum absolute atomic E-state index is 12.3. The Morgan fingerprint density at radius 3 is 2.48 bits per heavy atom. The van der Waals surface area contributed by atoms with E-state index in [4.69, 9.17) is 4.74 Å². The molecule has 0 bridgehead atoms. The SMILES string of the molecule is CCOC(=O)c1ccc(NC(=O)CN(CCC2=CCCCC2)C(C)=O)cc1. The number of carbonyl (C=O) groups is 3. The van der Waals surface area contributed by atoms with Crippen molar-refractivity contribution in [1.29, 1.82) is 0 Å². The second-order valence-corrected chi connectivity index (χ2v) is 6.64. The maximum Gasteiger partial charge on any atom is 0.338 e. The zero-order valence-corrected chi connectivity index (χ0v) is 16.1. The number of anilines is 1. The average Bonchev–Trinajstić information content (AvgIpc) is 2.66. The summed E-state index contributed by atoms with van der Waals surface area (Å²) in [4.78, 5) is 37.4. The quantitative estimate of drug-likeness (QED) is 0.559. The highest BCUT2D eigenvalue weighted by molar-refractivity contribution is 5.95. The van der Waals surface area contributed by atoms with Gasteiger partial charge in [-0.1, -0.05) is 11.6 Å². The molecule has 0 atom stereocenters. The summed E-state index contributed by atoms with van der Waals surface area (Å²) >= 11 is 0. The molecule has 2 amide bonds. The third-order valence-electron chi connectivity index (χ3n) is 4.55. The minimum atomic E-state index is -0.393. The molecule has 2 rings (SSSR count). The van der Waals surface area contributed by atoms with E-state index in [0.717, 1.165) is 19.3 Å². The predicted molar refractivity (Wildman–Crippen MR) is 104 cm³/mol. The Morgan fingerprint density at radius 2 is 1.89 bits per heavy atom. The predicted octanol–water partition coefficient (Wildman–Crippen LogP) is 3.54. The van der Waals surface area contributed by atoms with Crippen molar-refractivity contribution in [3.63, 3.8) is 0 Å². The monoisotopic (exact) mass is 372 g/mol. The number of nitrogens with zero attached hydrogens (tertiary/aromatic N) is 1. The molecule has 0 saturated heterocycles. The molecule has 0 heterocycles. The maximum atomic E-state index is 12.3. The van der Waals surface area contributed by atoms with E-state index in [1.807, 2.05) is 0 Å². The Bertz CT molecular complexity index is 695. The van der Waals surface area contributed by atoms with Crippen LogP contribution in [-0.4, -0.2) is 42.4 Å². The molecule has 1 aromatic rings. The van der Waals surface area contributed by atoms with Gasteiger partial charge in [-0.15, -0.1) is 0 Å². The molecule has 146 valence electrons. The Labute approximate surface area is 160 Å². The van der Waals surface area contributed by atoms with Gasteiger partial charge in [0.15, 0.2) is 0 Å². The van der Waals surface area contributed by atoms with Crippen LogP contribution in [0.15, 0.2) is 35.9 Å². The van der Waals surface area contributed by atoms with Crippen LogP contribution in [0.2, 0.25) is 0 Å². The minimum Gasteiger partial charge on any atom is -0.462 e. The lowest BCUT2D eigenvalue weighted by Crippen LogP contribution is -2.37. The van der Waals surface area contributed by atoms with Gasteiger partial charge in [0.05, 0.1) is 18.7 Å². The summed E-state index contributed by atoms with van der Waals surface area (Å²) < 4.78 is 4.93. The standard InChI is InChI=1S/C21H28N2O4/c1-3-27-21(26)18-9-11-19(12-10-18)22-20(25)15-23(16(2)24)14-13-17-7-5-4-6-8-17/h7,9-12H,3-6,8,13-15H2,1-2H3,(H,22,25). The summed E-state index contributed by atoms with van der Waals surface area (Å²) in [6.45, 7) is 4.11. The van der Waals surface area contributed by atoms with Crippen molar-refractivity contribution in [2.24, 2.45) is 0 Å². The molecule has 1 aliphatic rings. The summed E-state index contributed by atoms with van der Waals surface area (Å²) in [6.07, 6.45) is 7.71. The second-order valence-electron chi connectivity index (χ2n) is 6.64. The lowest BCUT2D eigenvalue weighted by Gasteiger charge is -2.22. The molecule has 1 aromatic carbocycles. The largest absolute Gasteiger partial charge is 0.462 e. The highest BCUT2D eigenvalue weighted by Gasteiger charge is 2.15. The van der Waals surface area contributed by atoms with E-state index in [1.165, 1.54) is 25.3 Å². The van der Waals surface area contributed by atoms with Crippen LogP contribution in [0.1, 0.15) is 56.3 Å².